The molecule has 0 bridgehead atoms. The molecule has 9 heteroatoms. The third kappa shape index (κ3) is 25.3. The van der Waals surface area contributed by atoms with Crippen molar-refractivity contribution in [1.82, 2.24) is 9.80 Å². The average molecular weight is 270 g/mol. The van der Waals surface area contributed by atoms with Gasteiger partial charge in [-0.1, -0.05) is 0 Å². The summed E-state index contributed by atoms with van der Waals surface area (Å²) in [5, 5.41) is 7.42. The smallest absolute Gasteiger partial charge is 0.466 e. The number of aliphatic carboxylic acids is 1. The number of carbonyl (C=O) groups is 1. The average Bonchev–Trinajstić information content (AvgIpc) is 2.47. The van der Waals surface area contributed by atoms with Gasteiger partial charge in [0.1, 0.15) is 0 Å². The standard InChI is InChI=1S/C6H12N2.C2H4O2.H3O4P/c1-3-8-5-4-7(2)6-8;1-2(3)4;1-5(2,3)4/h4-5H,3,6H2,1-2H3;1H3,(H,3,4);(H3,1,2,3,4). The van der Waals surface area contributed by atoms with Crippen molar-refractivity contribution in [2.24, 2.45) is 0 Å². The van der Waals surface area contributed by atoms with Gasteiger partial charge in [0.15, 0.2) is 0 Å². The number of phosphoric acid groups is 1. The number of nitrogens with zero attached hydrogens (tertiary/aromatic N) is 2. The van der Waals surface area contributed by atoms with Crippen molar-refractivity contribution < 1.29 is 29.1 Å². The second-order valence-electron chi connectivity index (χ2n) is 3.13. The molecule has 0 aromatic rings. The predicted octanol–water partition coefficient (Wildman–Crippen LogP) is -0.155. The normalized spacial score (nSPS) is 13.5. The Morgan fingerprint density at radius 2 is 1.71 bits per heavy atom. The zero-order valence-electron chi connectivity index (χ0n) is 10.0. The van der Waals surface area contributed by atoms with Crippen molar-refractivity contribution >= 4 is 13.8 Å². The molecule has 1 rings (SSSR count). The molecule has 0 amide bonds. The van der Waals surface area contributed by atoms with Crippen molar-refractivity contribution in [1.29, 1.82) is 0 Å². The van der Waals surface area contributed by atoms with Gasteiger partial charge in [-0.05, 0) is 6.92 Å². The minimum absolute atomic E-state index is 0.833. The Hall–Kier alpha value is -1.08. The summed E-state index contributed by atoms with van der Waals surface area (Å²) < 4.78 is 8.88. The highest BCUT2D eigenvalue weighted by Gasteiger charge is 2.03. The Kier molecular flexibility index (Phi) is 9.69. The van der Waals surface area contributed by atoms with E-state index in [2.05, 4.69) is 36.2 Å². The Morgan fingerprint density at radius 3 is 1.82 bits per heavy atom. The van der Waals surface area contributed by atoms with E-state index >= 15 is 0 Å². The number of carboxylic acids is 1. The lowest BCUT2D eigenvalue weighted by Gasteiger charge is -2.14. The van der Waals surface area contributed by atoms with E-state index in [-0.39, 0.29) is 0 Å². The summed E-state index contributed by atoms with van der Waals surface area (Å²) in [6.07, 6.45) is 4.20. The molecular formula is C8H19N2O6P. The van der Waals surface area contributed by atoms with Gasteiger partial charge >= 0.3 is 7.82 Å². The van der Waals surface area contributed by atoms with E-state index in [0.717, 1.165) is 20.1 Å². The summed E-state index contributed by atoms with van der Waals surface area (Å²) in [6, 6.07) is 0. The van der Waals surface area contributed by atoms with Gasteiger partial charge in [-0.25, -0.2) is 4.57 Å². The summed E-state index contributed by atoms with van der Waals surface area (Å²) in [5.74, 6) is -0.833. The molecule has 0 aromatic heterocycles. The van der Waals surface area contributed by atoms with Gasteiger partial charge in [-0.15, -0.1) is 0 Å². The highest BCUT2D eigenvalue weighted by Crippen LogP contribution is 2.25. The molecule has 8 nitrogen and oxygen atoms in total. The van der Waals surface area contributed by atoms with Gasteiger partial charge in [0, 0.05) is 32.9 Å². The quantitative estimate of drug-likeness (QED) is 0.485. The topological polar surface area (TPSA) is 122 Å². The first-order valence-electron chi connectivity index (χ1n) is 4.66. The molecule has 0 aromatic carbocycles. The number of rotatable bonds is 1. The lowest BCUT2D eigenvalue weighted by molar-refractivity contribution is -0.134. The van der Waals surface area contributed by atoms with Crippen LogP contribution in [0.3, 0.4) is 0 Å². The van der Waals surface area contributed by atoms with Crippen LogP contribution in [0.25, 0.3) is 0 Å². The molecule has 0 atom stereocenters. The SMILES string of the molecule is CC(=O)O.CCN1C=CN(C)C1.O=P(O)(O)O. The first-order chi connectivity index (χ1) is 7.56. The van der Waals surface area contributed by atoms with Crippen LogP contribution >= 0.6 is 7.82 Å². The van der Waals surface area contributed by atoms with Crippen LogP contribution in [0.2, 0.25) is 0 Å². The molecule has 102 valence electrons. The fourth-order valence-corrected chi connectivity index (χ4v) is 0.794. The van der Waals surface area contributed by atoms with Crippen LogP contribution in [-0.2, 0) is 9.36 Å². The monoisotopic (exact) mass is 270 g/mol. The predicted molar refractivity (Wildman–Crippen MR) is 61.7 cm³/mol. The summed E-state index contributed by atoms with van der Waals surface area (Å²) >= 11 is 0. The number of carboxylic acid groups (broad SMARTS) is 1. The lowest BCUT2D eigenvalue weighted by atomic mass is 10.6. The molecule has 0 fully saturated rings. The van der Waals surface area contributed by atoms with Crippen molar-refractivity contribution in [3.8, 4) is 0 Å². The zero-order valence-corrected chi connectivity index (χ0v) is 10.9. The molecule has 1 aliphatic heterocycles. The highest BCUT2D eigenvalue weighted by molar-refractivity contribution is 7.45. The van der Waals surface area contributed by atoms with E-state index < -0.39 is 13.8 Å². The minimum Gasteiger partial charge on any atom is -0.481 e. The number of hydrogen-bond acceptors (Lipinski definition) is 4. The second-order valence-corrected chi connectivity index (χ2v) is 4.16. The van der Waals surface area contributed by atoms with Gasteiger partial charge < -0.3 is 29.6 Å². The van der Waals surface area contributed by atoms with Crippen molar-refractivity contribution in [2.45, 2.75) is 13.8 Å². The van der Waals surface area contributed by atoms with Crippen LogP contribution in [0.5, 0.6) is 0 Å². The van der Waals surface area contributed by atoms with E-state index in [1.165, 1.54) is 0 Å². The third-order valence-corrected chi connectivity index (χ3v) is 1.34. The largest absolute Gasteiger partial charge is 0.481 e. The van der Waals surface area contributed by atoms with E-state index in [1.54, 1.807) is 0 Å². The van der Waals surface area contributed by atoms with Gasteiger partial charge in [0.2, 0.25) is 0 Å². The van der Waals surface area contributed by atoms with Gasteiger partial charge in [-0.3, -0.25) is 4.79 Å². The maximum absolute atomic E-state index is 9.00. The summed E-state index contributed by atoms with van der Waals surface area (Å²) in [5.41, 5.74) is 0. The molecule has 1 heterocycles. The third-order valence-electron chi connectivity index (χ3n) is 1.34. The van der Waals surface area contributed by atoms with E-state index in [0.29, 0.717) is 0 Å². The molecule has 0 unspecified atom stereocenters. The van der Waals surface area contributed by atoms with E-state index in [1.807, 2.05) is 0 Å². The van der Waals surface area contributed by atoms with Crippen LogP contribution in [0.15, 0.2) is 12.4 Å². The lowest BCUT2D eigenvalue weighted by Crippen LogP contribution is -2.21. The first-order valence-corrected chi connectivity index (χ1v) is 6.23. The zero-order chi connectivity index (χ0) is 14.1. The van der Waals surface area contributed by atoms with Crippen LogP contribution in [0.4, 0.5) is 0 Å². The fourth-order valence-electron chi connectivity index (χ4n) is 0.794. The van der Waals surface area contributed by atoms with Crippen LogP contribution in [0.1, 0.15) is 13.8 Å². The maximum Gasteiger partial charge on any atom is 0.466 e. The fraction of sp³-hybridized carbons (Fsp3) is 0.625. The summed E-state index contributed by atoms with van der Waals surface area (Å²) in [4.78, 5) is 35.0. The second kappa shape index (κ2) is 9.00. The van der Waals surface area contributed by atoms with Crippen LogP contribution < -0.4 is 0 Å². The van der Waals surface area contributed by atoms with Gasteiger partial charge in [0.05, 0.1) is 6.67 Å². The molecule has 0 radical (unpaired) electrons. The summed E-state index contributed by atoms with van der Waals surface area (Å²) in [6.45, 7) is 5.40. The number of hydrogen-bond donors (Lipinski definition) is 4. The molecule has 17 heavy (non-hydrogen) atoms. The van der Waals surface area contributed by atoms with Crippen molar-refractivity contribution in [3.05, 3.63) is 12.4 Å². The Balaban J connectivity index is 0. The molecule has 0 spiro atoms. The Bertz CT molecular complexity index is 277. The highest BCUT2D eigenvalue weighted by atomic mass is 31.2. The van der Waals surface area contributed by atoms with Crippen LogP contribution in [-0.4, -0.2) is 55.8 Å². The minimum atomic E-state index is -4.64. The Morgan fingerprint density at radius 1 is 1.35 bits per heavy atom. The molecular weight excluding hydrogens is 251 g/mol. The molecule has 0 aliphatic carbocycles. The first kappa shape index (κ1) is 18.3. The van der Waals surface area contributed by atoms with Gasteiger partial charge in [0.25, 0.3) is 5.97 Å². The molecule has 1 aliphatic rings. The molecule has 0 saturated carbocycles. The van der Waals surface area contributed by atoms with Crippen molar-refractivity contribution in [2.75, 3.05) is 20.3 Å². The summed E-state index contributed by atoms with van der Waals surface area (Å²) in [7, 11) is -2.56. The Labute approximate surface area is 100 Å². The molecule has 4 N–H and O–H groups in total. The van der Waals surface area contributed by atoms with Crippen LogP contribution in [0, 0.1) is 0 Å². The van der Waals surface area contributed by atoms with E-state index in [9.17, 15) is 0 Å². The van der Waals surface area contributed by atoms with Gasteiger partial charge in [-0.2, -0.15) is 0 Å². The maximum atomic E-state index is 9.00. The molecule has 0 saturated heterocycles. The van der Waals surface area contributed by atoms with Crippen molar-refractivity contribution in [3.63, 3.8) is 0 Å². The van der Waals surface area contributed by atoms with E-state index in [4.69, 9.17) is 29.1 Å².